The molecule has 18 heavy (non-hydrogen) atoms. The number of benzene rings is 1. The first-order chi connectivity index (χ1) is 8.63. The molecular formula is C13H8ClFN2O. The number of hydrogen-bond acceptors (Lipinski definition) is 2. The van der Waals surface area contributed by atoms with Crippen LogP contribution in [0.3, 0.4) is 0 Å². The summed E-state index contributed by atoms with van der Waals surface area (Å²) in [4.78, 5) is 15.1. The zero-order chi connectivity index (χ0) is 12.7. The van der Waals surface area contributed by atoms with Crippen LogP contribution in [0.5, 0.6) is 0 Å². The average Bonchev–Trinajstić information content (AvgIpc) is 2.70. The van der Waals surface area contributed by atoms with E-state index in [0.717, 1.165) is 17.3 Å². The Hall–Kier alpha value is -1.94. The molecule has 1 aromatic heterocycles. The van der Waals surface area contributed by atoms with Gasteiger partial charge in [-0.05, 0) is 29.3 Å². The lowest BCUT2D eigenvalue weighted by molar-refractivity contribution is -0.115. The summed E-state index contributed by atoms with van der Waals surface area (Å²) in [6, 6.07) is 4.91. The summed E-state index contributed by atoms with van der Waals surface area (Å²) in [5.41, 5.74) is 2.86. The van der Waals surface area contributed by atoms with Gasteiger partial charge in [0.25, 0.3) is 0 Å². The SMILES string of the molecule is O=C1Cc2cc(-c3cncc(F)c3)cc(Cl)c2N1. The van der Waals surface area contributed by atoms with Gasteiger partial charge in [0.1, 0.15) is 5.82 Å². The molecule has 0 spiro atoms. The third-order valence-electron chi connectivity index (χ3n) is 2.83. The number of aromatic nitrogens is 1. The monoisotopic (exact) mass is 262 g/mol. The third kappa shape index (κ3) is 1.84. The van der Waals surface area contributed by atoms with Gasteiger partial charge in [-0.15, -0.1) is 0 Å². The summed E-state index contributed by atoms with van der Waals surface area (Å²) in [7, 11) is 0. The number of carbonyl (C=O) groups excluding carboxylic acids is 1. The van der Waals surface area contributed by atoms with Gasteiger partial charge in [0, 0.05) is 11.8 Å². The van der Waals surface area contributed by atoms with Crippen LogP contribution in [0.15, 0.2) is 30.6 Å². The second-order valence-corrected chi connectivity index (χ2v) is 4.52. The quantitative estimate of drug-likeness (QED) is 0.858. The number of fused-ring (bicyclic) bond motifs is 1. The maximum Gasteiger partial charge on any atom is 0.228 e. The Morgan fingerprint density at radius 1 is 1.22 bits per heavy atom. The molecule has 2 aromatic rings. The number of halogens is 2. The first-order valence-corrected chi connectivity index (χ1v) is 5.74. The van der Waals surface area contributed by atoms with E-state index in [-0.39, 0.29) is 5.91 Å². The van der Waals surface area contributed by atoms with E-state index in [0.29, 0.717) is 22.7 Å². The van der Waals surface area contributed by atoms with Crippen molar-refractivity contribution < 1.29 is 9.18 Å². The highest BCUT2D eigenvalue weighted by molar-refractivity contribution is 6.34. The number of anilines is 1. The molecule has 0 saturated heterocycles. The summed E-state index contributed by atoms with van der Waals surface area (Å²) in [5.74, 6) is -0.486. The van der Waals surface area contributed by atoms with E-state index in [4.69, 9.17) is 11.6 Å². The normalized spacial score (nSPS) is 13.3. The maximum atomic E-state index is 13.1. The first kappa shape index (κ1) is 11.2. The van der Waals surface area contributed by atoms with Crippen LogP contribution in [0.25, 0.3) is 11.1 Å². The lowest BCUT2D eigenvalue weighted by Gasteiger charge is -2.06. The Bertz CT molecular complexity index is 657. The van der Waals surface area contributed by atoms with Gasteiger partial charge in [0.05, 0.1) is 23.3 Å². The fourth-order valence-corrected chi connectivity index (χ4v) is 2.32. The van der Waals surface area contributed by atoms with E-state index >= 15 is 0 Å². The fraction of sp³-hybridized carbons (Fsp3) is 0.0769. The van der Waals surface area contributed by atoms with Crippen LogP contribution < -0.4 is 5.32 Å². The minimum Gasteiger partial charge on any atom is -0.324 e. The standard InChI is InChI=1S/C13H8ClFN2O/c14-11-3-7(9-2-10(15)6-16-5-9)1-8-4-12(18)17-13(8)11/h1-3,5-6H,4H2,(H,17,18). The Balaban J connectivity index is 2.13. The molecule has 3 rings (SSSR count). The molecule has 0 radical (unpaired) electrons. The van der Waals surface area contributed by atoms with E-state index in [9.17, 15) is 9.18 Å². The van der Waals surface area contributed by atoms with Gasteiger partial charge in [-0.1, -0.05) is 11.6 Å². The van der Waals surface area contributed by atoms with Crippen molar-refractivity contribution in [3.8, 4) is 11.1 Å². The molecule has 1 N–H and O–H groups in total. The molecule has 1 aromatic carbocycles. The molecule has 0 saturated carbocycles. The molecule has 5 heteroatoms. The second kappa shape index (κ2) is 4.07. The van der Waals surface area contributed by atoms with Crippen LogP contribution >= 0.6 is 11.6 Å². The number of amides is 1. The largest absolute Gasteiger partial charge is 0.324 e. The van der Waals surface area contributed by atoms with Crippen molar-refractivity contribution in [3.63, 3.8) is 0 Å². The number of nitrogens with zero attached hydrogens (tertiary/aromatic N) is 1. The van der Waals surface area contributed by atoms with Crippen molar-refractivity contribution in [2.45, 2.75) is 6.42 Å². The van der Waals surface area contributed by atoms with E-state index in [1.807, 2.05) is 6.07 Å². The summed E-state index contributed by atoms with van der Waals surface area (Å²) in [5, 5.41) is 3.15. The molecule has 0 aliphatic carbocycles. The Morgan fingerprint density at radius 2 is 2.06 bits per heavy atom. The molecule has 0 atom stereocenters. The highest BCUT2D eigenvalue weighted by Gasteiger charge is 2.21. The van der Waals surface area contributed by atoms with Gasteiger partial charge in [0.2, 0.25) is 5.91 Å². The van der Waals surface area contributed by atoms with Crippen molar-refractivity contribution >= 4 is 23.2 Å². The van der Waals surface area contributed by atoms with Gasteiger partial charge in [0.15, 0.2) is 0 Å². The lowest BCUT2D eigenvalue weighted by Crippen LogP contribution is -2.03. The Labute approximate surface area is 108 Å². The van der Waals surface area contributed by atoms with Crippen LogP contribution in [-0.4, -0.2) is 10.9 Å². The highest BCUT2D eigenvalue weighted by Crippen LogP contribution is 2.35. The number of pyridine rings is 1. The molecule has 0 unspecified atom stereocenters. The summed E-state index contributed by atoms with van der Waals surface area (Å²) < 4.78 is 13.1. The van der Waals surface area contributed by atoms with Gasteiger partial charge >= 0.3 is 0 Å². The van der Waals surface area contributed by atoms with Crippen LogP contribution in [0.2, 0.25) is 5.02 Å². The van der Waals surface area contributed by atoms with Crippen molar-refractivity contribution in [2.75, 3.05) is 5.32 Å². The van der Waals surface area contributed by atoms with Crippen LogP contribution in [-0.2, 0) is 11.2 Å². The lowest BCUT2D eigenvalue weighted by atomic mass is 10.0. The van der Waals surface area contributed by atoms with Crippen LogP contribution in [0.4, 0.5) is 10.1 Å². The van der Waals surface area contributed by atoms with Crippen LogP contribution in [0, 0.1) is 5.82 Å². The summed E-state index contributed by atoms with van der Waals surface area (Å²) in [6.45, 7) is 0. The molecule has 1 amide bonds. The minimum absolute atomic E-state index is 0.0820. The number of carbonyl (C=O) groups is 1. The van der Waals surface area contributed by atoms with Gasteiger partial charge < -0.3 is 5.32 Å². The smallest absolute Gasteiger partial charge is 0.228 e. The number of nitrogens with one attached hydrogen (secondary N) is 1. The molecule has 2 heterocycles. The summed E-state index contributed by atoms with van der Waals surface area (Å²) in [6.07, 6.45) is 3.00. The first-order valence-electron chi connectivity index (χ1n) is 5.36. The van der Waals surface area contributed by atoms with E-state index in [2.05, 4.69) is 10.3 Å². The average molecular weight is 263 g/mol. The van der Waals surface area contributed by atoms with Gasteiger partial charge in [-0.3, -0.25) is 9.78 Å². The predicted molar refractivity (Wildman–Crippen MR) is 67.0 cm³/mol. The molecule has 1 aliphatic rings. The van der Waals surface area contributed by atoms with E-state index in [1.165, 1.54) is 6.07 Å². The molecule has 90 valence electrons. The number of hydrogen-bond donors (Lipinski definition) is 1. The van der Waals surface area contributed by atoms with Gasteiger partial charge in [-0.2, -0.15) is 0 Å². The maximum absolute atomic E-state index is 13.1. The molecule has 3 nitrogen and oxygen atoms in total. The summed E-state index contributed by atoms with van der Waals surface area (Å²) >= 11 is 6.10. The Kier molecular flexibility index (Phi) is 2.52. The predicted octanol–water partition coefficient (Wildman–Crippen LogP) is 3.04. The second-order valence-electron chi connectivity index (χ2n) is 4.11. The van der Waals surface area contributed by atoms with Crippen molar-refractivity contribution in [2.24, 2.45) is 0 Å². The van der Waals surface area contributed by atoms with Gasteiger partial charge in [-0.25, -0.2) is 4.39 Å². The van der Waals surface area contributed by atoms with E-state index in [1.54, 1.807) is 12.3 Å². The van der Waals surface area contributed by atoms with Crippen molar-refractivity contribution in [1.82, 2.24) is 4.98 Å². The third-order valence-corrected chi connectivity index (χ3v) is 3.12. The zero-order valence-electron chi connectivity index (χ0n) is 9.21. The topological polar surface area (TPSA) is 42.0 Å². The fourth-order valence-electron chi connectivity index (χ4n) is 2.04. The minimum atomic E-state index is -0.404. The number of rotatable bonds is 1. The molecule has 0 fully saturated rings. The van der Waals surface area contributed by atoms with Crippen molar-refractivity contribution in [1.29, 1.82) is 0 Å². The molecule has 0 bridgehead atoms. The zero-order valence-corrected chi connectivity index (χ0v) is 9.96. The molecule has 1 aliphatic heterocycles. The Morgan fingerprint density at radius 3 is 2.83 bits per heavy atom. The van der Waals surface area contributed by atoms with E-state index < -0.39 is 5.82 Å². The molecular weight excluding hydrogens is 255 g/mol. The highest BCUT2D eigenvalue weighted by atomic mass is 35.5. The van der Waals surface area contributed by atoms with Crippen molar-refractivity contribution in [3.05, 3.63) is 47.0 Å². The van der Waals surface area contributed by atoms with Crippen LogP contribution in [0.1, 0.15) is 5.56 Å².